The van der Waals surface area contributed by atoms with Crippen molar-refractivity contribution in [2.24, 2.45) is 28.6 Å². The van der Waals surface area contributed by atoms with Crippen LogP contribution in [-0.2, 0) is 14.0 Å². The van der Waals surface area contributed by atoms with E-state index < -0.39 is 8.32 Å². The number of allylic oxidation sites excluding steroid dienone is 1. The quantitative estimate of drug-likeness (QED) is 0.318. The molecule has 0 N–H and O–H groups in total. The smallest absolute Gasteiger partial charge is 0.192 e. The average molecular weight is 417 g/mol. The molecule has 0 bridgehead atoms. The van der Waals surface area contributed by atoms with Crippen LogP contribution >= 0.6 is 0 Å². The fraction of sp³-hybridized carbons (Fsp3) is 0.840. The number of hydrogen-bond acceptors (Lipinski definition) is 3. The van der Waals surface area contributed by atoms with Crippen molar-refractivity contribution < 1.29 is 14.0 Å². The highest BCUT2D eigenvalue weighted by molar-refractivity contribution is 6.74. The first-order valence-electron chi connectivity index (χ1n) is 11.8. The predicted molar refractivity (Wildman–Crippen MR) is 119 cm³/mol. The number of aldehydes is 1. The lowest BCUT2D eigenvalue weighted by molar-refractivity contribution is -0.134. The summed E-state index contributed by atoms with van der Waals surface area (Å²) < 4.78 is 6.75. The molecule has 3 nitrogen and oxygen atoms in total. The van der Waals surface area contributed by atoms with Crippen LogP contribution < -0.4 is 0 Å². The second-order valence-corrected chi connectivity index (χ2v) is 16.9. The molecule has 1 unspecified atom stereocenters. The molecule has 0 saturated heterocycles. The Balaban J connectivity index is 1.58. The van der Waals surface area contributed by atoms with Gasteiger partial charge in [-0.05, 0) is 80.8 Å². The van der Waals surface area contributed by atoms with Gasteiger partial charge < -0.3 is 9.22 Å². The zero-order chi connectivity index (χ0) is 21.2. The van der Waals surface area contributed by atoms with Crippen molar-refractivity contribution >= 4 is 20.4 Å². The summed E-state index contributed by atoms with van der Waals surface area (Å²) in [5, 5.41) is 0.209. The first-order chi connectivity index (χ1) is 13.4. The third-order valence-electron chi connectivity index (χ3n) is 9.85. The Morgan fingerprint density at radius 2 is 1.86 bits per heavy atom. The highest BCUT2D eigenvalue weighted by Crippen LogP contribution is 2.63. The number of carbonyl (C=O) groups is 2. The SMILES string of the molecule is CC(C)(C)[Si](C)(C)OC1CC[C@@]2(C=O)C(=CC[C@@H]3[C@@H]2CC[C@]2(C)C(=O)CC[C@@H]32)C1. The third-order valence-corrected chi connectivity index (χ3v) is 14.4. The molecule has 6 atom stereocenters. The van der Waals surface area contributed by atoms with E-state index in [9.17, 15) is 9.59 Å². The molecular formula is C25H40O3Si. The van der Waals surface area contributed by atoms with Gasteiger partial charge in [-0.3, -0.25) is 4.79 Å². The van der Waals surface area contributed by atoms with E-state index in [0.29, 0.717) is 23.5 Å². The topological polar surface area (TPSA) is 43.4 Å². The maximum Gasteiger partial charge on any atom is 0.192 e. The third kappa shape index (κ3) is 3.15. The van der Waals surface area contributed by atoms with Crippen LogP contribution in [0.15, 0.2) is 11.6 Å². The number of fused-ring (bicyclic) bond motifs is 5. The van der Waals surface area contributed by atoms with E-state index in [-0.39, 0.29) is 22.0 Å². The van der Waals surface area contributed by atoms with Crippen LogP contribution in [0.3, 0.4) is 0 Å². The Labute approximate surface area is 178 Å². The van der Waals surface area contributed by atoms with Gasteiger partial charge in [-0.2, -0.15) is 0 Å². The van der Waals surface area contributed by atoms with Gasteiger partial charge in [0, 0.05) is 17.9 Å². The van der Waals surface area contributed by atoms with Gasteiger partial charge in [-0.15, -0.1) is 0 Å². The lowest BCUT2D eigenvalue weighted by Gasteiger charge is -2.56. The second kappa shape index (κ2) is 6.88. The summed E-state index contributed by atoms with van der Waals surface area (Å²) in [5.74, 6) is 1.89. The molecule has 3 saturated carbocycles. The number of hydrogen-bond donors (Lipinski definition) is 0. The van der Waals surface area contributed by atoms with Crippen LogP contribution in [0.4, 0.5) is 0 Å². The van der Waals surface area contributed by atoms with Crippen LogP contribution in [0.2, 0.25) is 18.1 Å². The zero-order valence-corrected chi connectivity index (χ0v) is 20.3. The minimum atomic E-state index is -1.81. The summed E-state index contributed by atoms with van der Waals surface area (Å²) in [6, 6.07) is 0. The van der Waals surface area contributed by atoms with E-state index in [1.165, 1.54) is 11.9 Å². The van der Waals surface area contributed by atoms with Crippen molar-refractivity contribution in [3.8, 4) is 0 Å². The van der Waals surface area contributed by atoms with E-state index in [4.69, 9.17) is 4.43 Å². The minimum absolute atomic E-state index is 0.126. The highest BCUT2D eigenvalue weighted by Gasteiger charge is 2.60. The first-order valence-corrected chi connectivity index (χ1v) is 14.7. The lowest BCUT2D eigenvalue weighted by atomic mass is 9.48. The van der Waals surface area contributed by atoms with Crippen LogP contribution in [0, 0.1) is 28.6 Å². The summed E-state index contributed by atoms with van der Waals surface area (Å²) in [6.45, 7) is 13.8. The molecule has 4 aliphatic rings. The lowest BCUT2D eigenvalue weighted by Crippen LogP contribution is -2.53. The molecule has 0 aromatic carbocycles. The van der Waals surface area contributed by atoms with Crippen molar-refractivity contribution in [1.82, 2.24) is 0 Å². The van der Waals surface area contributed by atoms with Gasteiger partial charge in [0.1, 0.15) is 12.1 Å². The van der Waals surface area contributed by atoms with Crippen LogP contribution in [0.25, 0.3) is 0 Å². The van der Waals surface area contributed by atoms with Gasteiger partial charge in [-0.25, -0.2) is 0 Å². The Hall–Kier alpha value is -0.743. The molecule has 4 aliphatic carbocycles. The molecule has 162 valence electrons. The zero-order valence-electron chi connectivity index (χ0n) is 19.3. The Bertz CT molecular complexity index is 733. The molecule has 0 aliphatic heterocycles. The van der Waals surface area contributed by atoms with Gasteiger partial charge in [0.05, 0.1) is 5.41 Å². The fourth-order valence-corrected chi connectivity index (χ4v) is 8.40. The van der Waals surface area contributed by atoms with Crippen LogP contribution in [0.5, 0.6) is 0 Å². The van der Waals surface area contributed by atoms with Crippen LogP contribution in [0.1, 0.15) is 79.1 Å². The van der Waals surface area contributed by atoms with Gasteiger partial charge in [0.2, 0.25) is 0 Å². The second-order valence-electron chi connectivity index (χ2n) is 12.2. The molecule has 0 spiro atoms. The van der Waals surface area contributed by atoms with Crippen molar-refractivity contribution in [3.63, 3.8) is 0 Å². The van der Waals surface area contributed by atoms with Gasteiger partial charge >= 0.3 is 0 Å². The monoisotopic (exact) mass is 416 g/mol. The van der Waals surface area contributed by atoms with Crippen molar-refractivity contribution in [2.75, 3.05) is 0 Å². The summed E-state index contributed by atoms with van der Waals surface area (Å²) in [6.07, 6.45) is 11.6. The average Bonchev–Trinajstić information content (AvgIpc) is 2.95. The first kappa shape index (κ1) is 21.5. The molecule has 29 heavy (non-hydrogen) atoms. The number of Topliss-reactive ketones (excluding diaryl/α,β-unsaturated/α-hetero) is 1. The van der Waals surface area contributed by atoms with E-state index in [2.05, 4.69) is 46.9 Å². The number of carbonyl (C=O) groups excluding carboxylic acids is 2. The molecule has 0 aromatic rings. The summed E-state index contributed by atoms with van der Waals surface area (Å²) in [4.78, 5) is 25.2. The Morgan fingerprint density at radius 3 is 2.52 bits per heavy atom. The van der Waals surface area contributed by atoms with Gasteiger partial charge in [-0.1, -0.05) is 39.3 Å². The Morgan fingerprint density at radius 1 is 1.14 bits per heavy atom. The fourth-order valence-electron chi connectivity index (χ4n) is 7.02. The summed E-state index contributed by atoms with van der Waals surface area (Å²) >= 11 is 0. The molecule has 3 fully saturated rings. The molecule has 4 heteroatoms. The van der Waals surface area contributed by atoms with Crippen molar-refractivity contribution in [2.45, 2.75) is 103 Å². The number of ketones is 1. The van der Waals surface area contributed by atoms with Crippen LogP contribution in [-0.4, -0.2) is 26.5 Å². The van der Waals surface area contributed by atoms with Crippen molar-refractivity contribution in [3.05, 3.63) is 11.6 Å². The maximum atomic E-state index is 12.6. The Kier molecular flexibility index (Phi) is 5.10. The molecule has 0 aromatic heterocycles. The van der Waals surface area contributed by atoms with Crippen molar-refractivity contribution in [1.29, 1.82) is 0 Å². The summed E-state index contributed by atoms with van der Waals surface area (Å²) in [7, 11) is -1.81. The maximum absolute atomic E-state index is 12.6. The number of rotatable bonds is 3. The molecular weight excluding hydrogens is 376 g/mol. The van der Waals surface area contributed by atoms with E-state index in [1.807, 2.05) is 0 Å². The van der Waals surface area contributed by atoms with E-state index >= 15 is 0 Å². The predicted octanol–water partition coefficient (Wildman–Crippen LogP) is 6.09. The molecule has 0 heterocycles. The van der Waals surface area contributed by atoms with E-state index in [0.717, 1.165) is 51.4 Å². The normalized spacial score (nSPS) is 42.6. The minimum Gasteiger partial charge on any atom is -0.414 e. The van der Waals surface area contributed by atoms with Gasteiger partial charge in [0.25, 0.3) is 0 Å². The highest BCUT2D eigenvalue weighted by atomic mass is 28.4. The van der Waals surface area contributed by atoms with Gasteiger partial charge in [0.15, 0.2) is 8.32 Å². The molecule has 4 rings (SSSR count). The molecule has 0 amide bonds. The standard InChI is InChI=1S/C25H40O3Si/c1-23(2,3)29(5,6)28-18-11-14-25(16-26)17(15-18)7-8-19-20-9-10-22(27)24(20,4)13-12-21(19)25/h7,16,18-21H,8-15H2,1-6H3/t18?,19-,20-,21-,24-,25+/m0/s1. The summed E-state index contributed by atoms with van der Waals surface area (Å²) in [5.41, 5.74) is 0.944. The van der Waals surface area contributed by atoms with E-state index in [1.54, 1.807) is 0 Å². The largest absolute Gasteiger partial charge is 0.414 e. The molecule has 0 radical (unpaired) electrons.